The number of carbonyl (C=O) groups excluding carboxylic acids is 1. The molecule has 1 heterocycles. The molecule has 8 heteroatoms. The van der Waals surface area contributed by atoms with Crippen LogP contribution in [0.2, 0.25) is 0 Å². The zero-order chi connectivity index (χ0) is 12.1. The van der Waals surface area contributed by atoms with E-state index in [1.165, 1.54) is 17.8 Å². The van der Waals surface area contributed by atoms with Gasteiger partial charge in [0.05, 0.1) is 4.92 Å². The Balaban J connectivity index is 2.64. The zero-order valence-electron chi connectivity index (χ0n) is 8.71. The molecule has 7 nitrogen and oxygen atoms in total. The first kappa shape index (κ1) is 12.5. The Morgan fingerprint density at radius 1 is 1.75 bits per heavy atom. The van der Waals surface area contributed by atoms with Crippen LogP contribution in [0.3, 0.4) is 0 Å². The lowest BCUT2D eigenvalue weighted by atomic mass is 10.4. The molecule has 0 spiro atoms. The van der Waals surface area contributed by atoms with Crippen LogP contribution in [-0.2, 0) is 11.3 Å². The summed E-state index contributed by atoms with van der Waals surface area (Å²) in [5.74, 6) is 0.302. The number of thiol groups is 1. The highest BCUT2D eigenvalue weighted by atomic mass is 32.1. The molecule has 0 fully saturated rings. The molecule has 0 aromatic carbocycles. The molecule has 0 unspecified atom stereocenters. The van der Waals surface area contributed by atoms with Gasteiger partial charge in [0, 0.05) is 12.3 Å². The fourth-order valence-corrected chi connectivity index (χ4v) is 1.28. The molecular formula is C8H12N4O3S. The maximum Gasteiger partial charge on any atom is 0.309 e. The monoisotopic (exact) mass is 244 g/mol. The molecule has 0 aliphatic heterocycles. The van der Waals surface area contributed by atoms with Gasteiger partial charge in [-0.25, -0.2) is 0 Å². The highest BCUT2D eigenvalue weighted by Gasteiger charge is 2.16. The Bertz CT molecular complexity index is 404. The Kier molecular flexibility index (Phi) is 4.29. The van der Waals surface area contributed by atoms with Crippen molar-refractivity contribution in [2.75, 3.05) is 12.3 Å². The van der Waals surface area contributed by atoms with Gasteiger partial charge in [-0.15, -0.1) is 0 Å². The van der Waals surface area contributed by atoms with Crippen molar-refractivity contribution in [3.05, 3.63) is 22.0 Å². The number of hydrogen-bond acceptors (Lipinski definition) is 5. The van der Waals surface area contributed by atoms with Crippen LogP contribution >= 0.6 is 12.6 Å². The normalized spacial score (nSPS) is 10.1. The highest BCUT2D eigenvalue weighted by Crippen LogP contribution is 2.14. The molecule has 1 rings (SSSR count). The lowest BCUT2D eigenvalue weighted by Gasteiger charge is -2.02. The summed E-state index contributed by atoms with van der Waals surface area (Å²) >= 11 is 3.94. The van der Waals surface area contributed by atoms with E-state index in [1.807, 2.05) is 0 Å². The molecule has 0 aliphatic rings. The van der Waals surface area contributed by atoms with Crippen LogP contribution in [0, 0.1) is 17.0 Å². The first-order valence-corrected chi connectivity index (χ1v) is 5.24. The third-order valence-corrected chi connectivity index (χ3v) is 2.08. The van der Waals surface area contributed by atoms with E-state index in [-0.39, 0.29) is 18.1 Å². The zero-order valence-corrected chi connectivity index (χ0v) is 9.61. The van der Waals surface area contributed by atoms with E-state index in [9.17, 15) is 14.9 Å². The molecule has 0 saturated heterocycles. The Morgan fingerprint density at radius 2 is 2.44 bits per heavy atom. The minimum Gasteiger partial charge on any atom is -0.354 e. The Labute approximate surface area is 97.4 Å². The summed E-state index contributed by atoms with van der Waals surface area (Å²) in [6, 6.07) is 0. The average molecular weight is 244 g/mol. The maximum absolute atomic E-state index is 11.3. The first-order chi connectivity index (χ1) is 7.54. The minimum absolute atomic E-state index is 0.0253. The van der Waals surface area contributed by atoms with Gasteiger partial charge in [0.1, 0.15) is 18.4 Å². The third kappa shape index (κ3) is 3.23. The highest BCUT2D eigenvalue weighted by molar-refractivity contribution is 7.80. The van der Waals surface area contributed by atoms with Gasteiger partial charge in [-0.1, -0.05) is 0 Å². The van der Waals surface area contributed by atoms with Gasteiger partial charge >= 0.3 is 5.69 Å². The largest absolute Gasteiger partial charge is 0.354 e. The molecule has 1 aromatic heterocycles. The molecule has 1 amide bonds. The summed E-state index contributed by atoms with van der Waals surface area (Å²) in [5.41, 5.74) is 0.217. The second kappa shape index (κ2) is 5.50. The van der Waals surface area contributed by atoms with E-state index >= 15 is 0 Å². The number of carbonyl (C=O) groups is 1. The summed E-state index contributed by atoms with van der Waals surface area (Å²) in [4.78, 5) is 21.3. The quantitative estimate of drug-likeness (QED) is 0.438. The van der Waals surface area contributed by atoms with Crippen molar-refractivity contribution < 1.29 is 9.72 Å². The third-order valence-electron chi connectivity index (χ3n) is 1.86. The van der Waals surface area contributed by atoms with E-state index < -0.39 is 4.92 Å². The standard InChI is InChI=1S/C8H12N4O3S/c1-6-7(12(14)15)4-11(10-6)5-8(13)9-2-3-16/h4,16H,2-3,5H2,1H3,(H,9,13). The summed E-state index contributed by atoms with van der Waals surface area (Å²) < 4.78 is 1.25. The van der Waals surface area contributed by atoms with Crippen LogP contribution in [0.25, 0.3) is 0 Å². The van der Waals surface area contributed by atoms with Gasteiger partial charge in [-0.05, 0) is 6.92 Å². The molecule has 16 heavy (non-hydrogen) atoms. The van der Waals surface area contributed by atoms with Gasteiger partial charge in [-0.3, -0.25) is 19.6 Å². The molecule has 1 N–H and O–H groups in total. The summed E-state index contributed by atoms with van der Waals surface area (Å²) in [6.07, 6.45) is 1.25. The van der Waals surface area contributed by atoms with Crippen molar-refractivity contribution in [2.24, 2.45) is 0 Å². The number of hydrogen-bond donors (Lipinski definition) is 2. The molecule has 1 aromatic rings. The predicted molar refractivity (Wildman–Crippen MR) is 60.5 cm³/mol. The minimum atomic E-state index is -0.523. The lowest BCUT2D eigenvalue weighted by Crippen LogP contribution is -2.29. The summed E-state index contributed by atoms with van der Waals surface area (Å²) in [7, 11) is 0. The van der Waals surface area contributed by atoms with Gasteiger partial charge in [0.25, 0.3) is 0 Å². The molecule has 0 bridgehead atoms. The van der Waals surface area contributed by atoms with Crippen LogP contribution in [0.1, 0.15) is 5.69 Å². The van der Waals surface area contributed by atoms with Gasteiger partial charge in [-0.2, -0.15) is 17.7 Å². The number of amides is 1. The van der Waals surface area contributed by atoms with Crippen molar-refractivity contribution >= 4 is 24.2 Å². The van der Waals surface area contributed by atoms with Crippen molar-refractivity contribution in [1.82, 2.24) is 15.1 Å². The van der Waals surface area contributed by atoms with E-state index in [2.05, 4.69) is 23.0 Å². The van der Waals surface area contributed by atoms with E-state index in [0.717, 1.165) is 0 Å². The summed E-state index contributed by atoms with van der Waals surface area (Å²) in [6.45, 7) is 1.97. The van der Waals surface area contributed by atoms with E-state index in [0.29, 0.717) is 18.0 Å². The smallest absolute Gasteiger partial charge is 0.309 e. The van der Waals surface area contributed by atoms with Crippen LogP contribution in [0.15, 0.2) is 6.20 Å². The Hall–Kier alpha value is -1.57. The van der Waals surface area contributed by atoms with Gasteiger partial charge < -0.3 is 5.32 Å². The van der Waals surface area contributed by atoms with Crippen LogP contribution in [0.5, 0.6) is 0 Å². The molecule has 0 radical (unpaired) electrons. The first-order valence-electron chi connectivity index (χ1n) is 4.60. The molecule has 0 aliphatic carbocycles. The van der Waals surface area contributed by atoms with Crippen molar-refractivity contribution in [3.8, 4) is 0 Å². The second-order valence-corrected chi connectivity index (χ2v) is 3.58. The van der Waals surface area contributed by atoms with Crippen molar-refractivity contribution in [3.63, 3.8) is 0 Å². The van der Waals surface area contributed by atoms with Gasteiger partial charge in [0.2, 0.25) is 5.91 Å². The number of aromatic nitrogens is 2. The predicted octanol–water partition coefficient (Wildman–Crippen LogP) is 0.146. The molecule has 0 atom stereocenters. The summed E-state index contributed by atoms with van der Waals surface area (Å²) in [5, 5.41) is 17.0. The van der Waals surface area contributed by atoms with Crippen LogP contribution in [-0.4, -0.2) is 32.9 Å². The van der Waals surface area contributed by atoms with Crippen LogP contribution < -0.4 is 5.32 Å². The fourth-order valence-electron chi connectivity index (χ4n) is 1.17. The topological polar surface area (TPSA) is 90.1 Å². The Morgan fingerprint density at radius 3 is 2.94 bits per heavy atom. The van der Waals surface area contributed by atoms with Crippen molar-refractivity contribution in [2.45, 2.75) is 13.5 Å². The molecular weight excluding hydrogens is 232 g/mol. The SMILES string of the molecule is Cc1nn(CC(=O)NCCS)cc1[N+](=O)[O-]. The lowest BCUT2D eigenvalue weighted by molar-refractivity contribution is -0.385. The number of rotatable bonds is 5. The van der Waals surface area contributed by atoms with Gasteiger partial charge in [0.15, 0.2) is 0 Å². The molecule has 88 valence electrons. The molecule has 0 saturated carbocycles. The maximum atomic E-state index is 11.3. The number of nitrogens with one attached hydrogen (secondary N) is 1. The number of nitrogens with zero attached hydrogens (tertiary/aromatic N) is 3. The second-order valence-electron chi connectivity index (χ2n) is 3.13. The van der Waals surface area contributed by atoms with Crippen LogP contribution in [0.4, 0.5) is 5.69 Å². The van der Waals surface area contributed by atoms with E-state index in [4.69, 9.17) is 0 Å². The van der Waals surface area contributed by atoms with Crippen molar-refractivity contribution in [1.29, 1.82) is 0 Å². The van der Waals surface area contributed by atoms with E-state index in [1.54, 1.807) is 0 Å². The average Bonchev–Trinajstić information content (AvgIpc) is 2.56. The number of nitro groups is 1. The number of aryl methyl sites for hydroxylation is 1. The fraction of sp³-hybridized carbons (Fsp3) is 0.500.